The quantitative estimate of drug-likeness (QED) is 0.162. The van der Waals surface area contributed by atoms with Gasteiger partial charge < -0.3 is 0 Å². The largest absolute Gasteiger partial charge is 0.0619 e. The molecule has 0 aliphatic heterocycles. The number of hydrogen-bond acceptors (Lipinski definition) is 0. The van der Waals surface area contributed by atoms with Gasteiger partial charge in [-0.2, -0.15) is 0 Å². The molecule has 0 N–H and O–H groups in total. The van der Waals surface area contributed by atoms with Crippen LogP contribution in [-0.4, -0.2) is 0 Å². The Bertz CT molecular complexity index is 2970. The molecule has 54 heavy (non-hydrogen) atoms. The predicted molar refractivity (Wildman–Crippen MR) is 230 cm³/mol. The highest BCUT2D eigenvalue weighted by Crippen LogP contribution is 2.53. The highest BCUT2D eigenvalue weighted by atomic mass is 14.4. The van der Waals surface area contributed by atoms with Crippen molar-refractivity contribution in [2.75, 3.05) is 0 Å². The molecule has 0 heterocycles. The zero-order chi connectivity index (χ0) is 36.3. The summed E-state index contributed by atoms with van der Waals surface area (Å²) in [7, 11) is 0. The monoisotopic (exact) mass is 688 g/mol. The van der Waals surface area contributed by atoms with Crippen molar-refractivity contribution < 1.29 is 0 Å². The van der Waals surface area contributed by atoms with Gasteiger partial charge in [-0.25, -0.2) is 0 Å². The van der Waals surface area contributed by atoms with Crippen LogP contribution >= 0.6 is 0 Å². The molecule has 11 rings (SSSR count). The Morgan fingerprint density at radius 3 is 1.43 bits per heavy atom. The molecule has 2 aliphatic carbocycles. The molecule has 0 unspecified atom stereocenters. The molecule has 0 heteroatoms. The summed E-state index contributed by atoms with van der Waals surface area (Å²) in [6.07, 6.45) is 0. The molecule has 9 aromatic rings. The molecule has 0 nitrogen and oxygen atoms in total. The van der Waals surface area contributed by atoms with Crippen LogP contribution in [0.25, 0.3) is 88.0 Å². The second kappa shape index (κ2) is 11.1. The van der Waals surface area contributed by atoms with Crippen LogP contribution in [0.1, 0.15) is 49.9 Å². The van der Waals surface area contributed by atoms with E-state index in [0.717, 1.165) is 0 Å². The summed E-state index contributed by atoms with van der Waals surface area (Å²) < 4.78 is 0. The summed E-state index contributed by atoms with van der Waals surface area (Å²) in [5, 5.41) is 7.81. The first-order valence-corrected chi connectivity index (χ1v) is 19.3. The molecule has 0 aromatic heterocycles. The van der Waals surface area contributed by atoms with Gasteiger partial charge in [-0.05, 0) is 122 Å². The van der Waals surface area contributed by atoms with Gasteiger partial charge in [0.15, 0.2) is 0 Å². The van der Waals surface area contributed by atoms with E-state index in [0.29, 0.717) is 0 Å². The number of rotatable bonds is 3. The summed E-state index contributed by atoms with van der Waals surface area (Å²) in [6, 6.07) is 63.9. The molecule has 0 bridgehead atoms. The van der Waals surface area contributed by atoms with Gasteiger partial charge in [-0.15, -0.1) is 0 Å². The lowest BCUT2D eigenvalue weighted by molar-refractivity contribution is 0.660. The molecular weight excluding hydrogens is 649 g/mol. The highest BCUT2D eigenvalue weighted by molar-refractivity contribution is 6.21. The normalized spacial score (nSPS) is 14.6. The Kier molecular flexibility index (Phi) is 6.46. The maximum atomic E-state index is 2.47. The second-order valence-corrected chi connectivity index (χ2v) is 16.4. The molecular formula is C54H40. The van der Waals surface area contributed by atoms with Crippen molar-refractivity contribution in [3.8, 4) is 55.6 Å². The smallest absolute Gasteiger partial charge is 0.0165 e. The van der Waals surface area contributed by atoms with Crippen LogP contribution < -0.4 is 0 Å². The van der Waals surface area contributed by atoms with Crippen molar-refractivity contribution in [1.29, 1.82) is 0 Å². The van der Waals surface area contributed by atoms with Crippen LogP contribution in [-0.2, 0) is 10.8 Å². The van der Waals surface area contributed by atoms with Gasteiger partial charge in [-0.1, -0.05) is 185 Å². The molecule has 9 aromatic carbocycles. The summed E-state index contributed by atoms with van der Waals surface area (Å²) in [5.41, 5.74) is 18.6. The predicted octanol–water partition coefficient (Wildman–Crippen LogP) is 14.8. The average molecular weight is 689 g/mol. The summed E-state index contributed by atoms with van der Waals surface area (Å²) in [4.78, 5) is 0. The first-order valence-electron chi connectivity index (χ1n) is 19.3. The van der Waals surface area contributed by atoms with E-state index >= 15 is 0 Å². The molecule has 0 amide bonds. The van der Waals surface area contributed by atoms with E-state index < -0.39 is 0 Å². The maximum Gasteiger partial charge on any atom is 0.0165 e. The molecule has 0 radical (unpaired) electrons. The Balaban J connectivity index is 1.03. The zero-order valence-electron chi connectivity index (χ0n) is 31.2. The van der Waals surface area contributed by atoms with Gasteiger partial charge in [0.25, 0.3) is 0 Å². The standard InChI is InChI=1S/C54H40/c1-53(2)47-20-12-11-15-39(47)40-29-27-37(32-48(40)53)51-44-18-9-7-16-42(44)50(43-17-8-10-19-45(43)51)35-23-21-33(22-24-35)36-26-28-41-46-30-25-34-13-5-6-14-38(34)52(46)54(3,4)49(41)31-36/h5-32H,1-4H3. The van der Waals surface area contributed by atoms with Crippen molar-refractivity contribution in [2.45, 2.75) is 38.5 Å². The maximum absolute atomic E-state index is 2.47. The number of benzene rings is 9. The second-order valence-electron chi connectivity index (χ2n) is 16.4. The fraction of sp³-hybridized carbons (Fsp3) is 0.111. The average Bonchev–Trinajstić information content (AvgIpc) is 3.59. The van der Waals surface area contributed by atoms with Gasteiger partial charge in [0.1, 0.15) is 0 Å². The summed E-state index contributed by atoms with van der Waals surface area (Å²) >= 11 is 0. The van der Waals surface area contributed by atoms with Gasteiger partial charge in [0, 0.05) is 10.8 Å². The van der Waals surface area contributed by atoms with Gasteiger partial charge >= 0.3 is 0 Å². The lowest BCUT2D eigenvalue weighted by Crippen LogP contribution is -2.15. The van der Waals surface area contributed by atoms with Gasteiger partial charge in [0.2, 0.25) is 0 Å². The first-order chi connectivity index (χ1) is 26.3. The molecule has 0 saturated carbocycles. The molecule has 0 fully saturated rings. The Labute approximate surface area is 317 Å². The van der Waals surface area contributed by atoms with Crippen molar-refractivity contribution in [3.05, 3.63) is 192 Å². The molecule has 0 saturated heterocycles. The topological polar surface area (TPSA) is 0 Å². The highest BCUT2D eigenvalue weighted by Gasteiger charge is 2.37. The summed E-state index contributed by atoms with van der Waals surface area (Å²) in [5.74, 6) is 0. The van der Waals surface area contributed by atoms with Crippen LogP contribution in [0.3, 0.4) is 0 Å². The van der Waals surface area contributed by atoms with Crippen molar-refractivity contribution in [1.82, 2.24) is 0 Å². The van der Waals surface area contributed by atoms with Crippen LogP contribution in [0, 0.1) is 0 Å². The molecule has 2 aliphatic rings. The fourth-order valence-corrected chi connectivity index (χ4v) is 10.2. The van der Waals surface area contributed by atoms with E-state index in [1.54, 1.807) is 0 Å². The Hall–Kier alpha value is -6.24. The van der Waals surface area contributed by atoms with E-state index in [4.69, 9.17) is 0 Å². The van der Waals surface area contributed by atoms with Crippen LogP contribution in [0.2, 0.25) is 0 Å². The molecule has 0 atom stereocenters. The first kappa shape index (κ1) is 31.3. The fourth-order valence-electron chi connectivity index (χ4n) is 10.2. The lowest BCUT2D eigenvalue weighted by atomic mass is 9.79. The van der Waals surface area contributed by atoms with Gasteiger partial charge in [-0.3, -0.25) is 0 Å². The minimum atomic E-state index is -0.0837. The minimum absolute atomic E-state index is 0.0534. The Morgan fingerprint density at radius 1 is 0.296 bits per heavy atom. The van der Waals surface area contributed by atoms with E-state index in [9.17, 15) is 0 Å². The minimum Gasteiger partial charge on any atom is -0.0619 e. The van der Waals surface area contributed by atoms with Crippen molar-refractivity contribution in [2.24, 2.45) is 0 Å². The summed E-state index contributed by atoms with van der Waals surface area (Å²) in [6.45, 7) is 9.52. The zero-order valence-corrected chi connectivity index (χ0v) is 31.2. The van der Waals surface area contributed by atoms with E-state index in [1.807, 2.05) is 0 Å². The molecule has 0 spiro atoms. The third kappa shape index (κ3) is 4.26. The Morgan fingerprint density at radius 2 is 0.741 bits per heavy atom. The van der Waals surface area contributed by atoms with E-state index in [2.05, 4.69) is 198 Å². The molecule has 256 valence electrons. The lowest BCUT2D eigenvalue weighted by Gasteiger charge is -2.23. The SMILES string of the molecule is CC1(C)c2ccccc2-c2ccc(-c3c4ccccc4c(-c4ccc(-c5ccc6c(c5)C(C)(C)c5c-6ccc6ccccc56)cc4)c4ccccc34)cc21. The number of hydrogen-bond donors (Lipinski definition) is 0. The van der Waals surface area contributed by atoms with Crippen LogP contribution in [0.5, 0.6) is 0 Å². The third-order valence-electron chi connectivity index (χ3n) is 12.8. The van der Waals surface area contributed by atoms with E-state index in [1.165, 1.54) is 110 Å². The van der Waals surface area contributed by atoms with Crippen molar-refractivity contribution >= 4 is 32.3 Å². The number of fused-ring (bicyclic) bond motifs is 10. The van der Waals surface area contributed by atoms with E-state index in [-0.39, 0.29) is 10.8 Å². The third-order valence-corrected chi connectivity index (χ3v) is 12.8. The van der Waals surface area contributed by atoms with Crippen LogP contribution in [0.15, 0.2) is 170 Å². The van der Waals surface area contributed by atoms with Gasteiger partial charge in [0.05, 0.1) is 0 Å². The van der Waals surface area contributed by atoms with Crippen LogP contribution in [0.4, 0.5) is 0 Å². The van der Waals surface area contributed by atoms with Crippen molar-refractivity contribution in [3.63, 3.8) is 0 Å².